The fourth-order valence-electron chi connectivity index (χ4n) is 3.47. The maximum atomic E-state index is 13.4. The number of aromatic hydroxyl groups is 1. The minimum Gasteiger partial charge on any atom is -0.508 e. The van der Waals surface area contributed by atoms with E-state index < -0.39 is 12.0 Å². The third-order valence-corrected chi connectivity index (χ3v) is 6.60. The lowest BCUT2D eigenvalue weighted by Crippen LogP contribution is -2.39. The van der Waals surface area contributed by atoms with Crippen molar-refractivity contribution in [2.45, 2.75) is 19.9 Å². The predicted octanol–water partition coefficient (Wildman–Crippen LogP) is 3.11. The van der Waals surface area contributed by atoms with Crippen molar-refractivity contribution in [3.05, 3.63) is 94.2 Å². The van der Waals surface area contributed by atoms with Crippen LogP contribution in [0.1, 0.15) is 31.0 Å². The Labute approximate surface area is 196 Å². The summed E-state index contributed by atoms with van der Waals surface area (Å²) in [6.45, 7) is 3.70. The van der Waals surface area contributed by atoms with Crippen molar-refractivity contribution in [1.29, 1.82) is 0 Å². The van der Waals surface area contributed by atoms with Crippen LogP contribution in [0.5, 0.6) is 5.75 Å². The number of hydrogen-bond donors (Lipinski definition) is 1. The molecule has 2 heterocycles. The van der Waals surface area contributed by atoms with Crippen molar-refractivity contribution in [3.63, 3.8) is 0 Å². The Morgan fingerprint density at radius 3 is 2.55 bits per heavy atom. The molecule has 31 heavy (non-hydrogen) atoms. The molecule has 4 rings (SSSR count). The molecule has 2 aromatic carbocycles. The van der Waals surface area contributed by atoms with Crippen LogP contribution in [0.4, 0.5) is 0 Å². The molecule has 0 aliphatic carbocycles. The van der Waals surface area contributed by atoms with Crippen molar-refractivity contribution in [1.82, 2.24) is 4.57 Å². The Kier molecular flexibility index (Phi) is 6.10. The number of allylic oxidation sites excluding steroid dienone is 1. The van der Waals surface area contributed by atoms with Gasteiger partial charge in [0.2, 0.25) is 0 Å². The number of carbonyl (C=O) groups excluding carboxylic acids is 1. The van der Waals surface area contributed by atoms with E-state index in [0.29, 0.717) is 26.2 Å². The molecule has 0 fully saturated rings. The normalized spacial score (nSPS) is 16.1. The van der Waals surface area contributed by atoms with Gasteiger partial charge in [-0.3, -0.25) is 9.36 Å². The summed E-state index contributed by atoms with van der Waals surface area (Å²) < 4.78 is 8.44. The maximum Gasteiger partial charge on any atom is 0.338 e. The number of benzene rings is 2. The Bertz CT molecular complexity index is 1350. The first kappa shape index (κ1) is 21.5. The van der Waals surface area contributed by atoms with E-state index in [1.807, 2.05) is 30.3 Å². The van der Waals surface area contributed by atoms with Crippen molar-refractivity contribution in [2.24, 2.45) is 4.99 Å². The van der Waals surface area contributed by atoms with Crippen LogP contribution < -0.4 is 14.9 Å². The molecule has 6 nitrogen and oxygen atoms in total. The van der Waals surface area contributed by atoms with E-state index >= 15 is 0 Å². The van der Waals surface area contributed by atoms with Crippen molar-refractivity contribution < 1.29 is 14.6 Å². The quantitative estimate of drug-likeness (QED) is 0.403. The summed E-state index contributed by atoms with van der Waals surface area (Å²) in [6, 6.07) is 13.7. The van der Waals surface area contributed by atoms with E-state index in [1.165, 1.54) is 28.0 Å². The van der Waals surface area contributed by atoms with Gasteiger partial charge in [0.15, 0.2) is 4.80 Å². The van der Waals surface area contributed by atoms with Gasteiger partial charge in [-0.05, 0) is 77.9 Å². The van der Waals surface area contributed by atoms with E-state index in [1.54, 1.807) is 26.0 Å². The van der Waals surface area contributed by atoms with Crippen molar-refractivity contribution in [3.8, 4) is 5.75 Å². The molecule has 1 aliphatic heterocycles. The third kappa shape index (κ3) is 4.22. The molecular formula is C23H19IN2O4S. The second-order valence-electron chi connectivity index (χ2n) is 6.95. The van der Waals surface area contributed by atoms with Crippen LogP contribution in [0.15, 0.2) is 69.6 Å². The van der Waals surface area contributed by atoms with Gasteiger partial charge in [-0.1, -0.05) is 35.6 Å². The number of ether oxygens (including phenoxy) is 1. The topological polar surface area (TPSA) is 80.9 Å². The molecule has 0 radical (unpaired) electrons. The lowest BCUT2D eigenvalue weighted by Gasteiger charge is -2.24. The smallest absolute Gasteiger partial charge is 0.338 e. The highest BCUT2D eigenvalue weighted by atomic mass is 127. The van der Waals surface area contributed by atoms with E-state index in [2.05, 4.69) is 27.6 Å². The summed E-state index contributed by atoms with van der Waals surface area (Å²) in [5, 5.41) is 9.71. The van der Waals surface area contributed by atoms with Crippen molar-refractivity contribution >= 4 is 46.0 Å². The predicted molar refractivity (Wildman–Crippen MR) is 128 cm³/mol. The van der Waals surface area contributed by atoms with Crippen LogP contribution in [0.25, 0.3) is 6.08 Å². The zero-order valence-corrected chi connectivity index (χ0v) is 19.8. The number of halogens is 1. The molecule has 1 aromatic heterocycles. The van der Waals surface area contributed by atoms with Crippen LogP contribution in [0, 0.1) is 3.57 Å². The van der Waals surface area contributed by atoms with Gasteiger partial charge in [0, 0.05) is 3.57 Å². The van der Waals surface area contributed by atoms with E-state index in [0.717, 1.165) is 9.13 Å². The molecule has 0 saturated carbocycles. The van der Waals surface area contributed by atoms with Gasteiger partial charge in [0.25, 0.3) is 5.56 Å². The molecule has 3 aromatic rings. The first-order valence-corrected chi connectivity index (χ1v) is 11.5. The van der Waals surface area contributed by atoms with Crippen LogP contribution in [-0.4, -0.2) is 22.2 Å². The number of phenolic OH excluding ortho intramolecular Hbond substituents is 1. The third-order valence-electron chi connectivity index (χ3n) is 4.89. The second kappa shape index (κ2) is 8.80. The van der Waals surface area contributed by atoms with E-state index in [4.69, 9.17) is 4.74 Å². The largest absolute Gasteiger partial charge is 0.508 e. The van der Waals surface area contributed by atoms with Crippen LogP contribution in [0.2, 0.25) is 0 Å². The van der Waals surface area contributed by atoms with Crippen LogP contribution in [-0.2, 0) is 9.53 Å². The van der Waals surface area contributed by atoms with Crippen LogP contribution in [0.3, 0.4) is 0 Å². The first-order chi connectivity index (χ1) is 14.9. The van der Waals surface area contributed by atoms with E-state index in [9.17, 15) is 14.7 Å². The second-order valence-corrected chi connectivity index (χ2v) is 9.20. The molecule has 1 N–H and O–H groups in total. The van der Waals surface area contributed by atoms with Gasteiger partial charge in [0.05, 0.1) is 28.5 Å². The highest BCUT2D eigenvalue weighted by Crippen LogP contribution is 2.31. The number of rotatable bonds is 4. The number of carbonyl (C=O) groups is 1. The van der Waals surface area contributed by atoms with Gasteiger partial charge in [0.1, 0.15) is 5.75 Å². The number of phenols is 1. The van der Waals surface area contributed by atoms with Gasteiger partial charge in [-0.15, -0.1) is 0 Å². The molecule has 0 spiro atoms. The Morgan fingerprint density at radius 2 is 1.90 bits per heavy atom. The maximum absolute atomic E-state index is 13.4. The minimum absolute atomic E-state index is 0.105. The fourth-order valence-corrected chi connectivity index (χ4v) is 4.88. The Morgan fingerprint density at radius 1 is 1.23 bits per heavy atom. The average Bonchev–Trinajstić information content (AvgIpc) is 3.04. The highest BCUT2D eigenvalue weighted by molar-refractivity contribution is 14.1. The number of thiazole rings is 1. The Hall–Kier alpha value is -2.72. The molecule has 1 aliphatic rings. The van der Waals surface area contributed by atoms with Gasteiger partial charge < -0.3 is 9.84 Å². The molecule has 0 unspecified atom stereocenters. The Balaban J connectivity index is 1.94. The molecule has 1 atom stereocenters. The summed E-state index contributed by atoms with van der Waals surface area (Å²) in [5.41, 5.74) is 2.21. The first-order valence-electron chi connectivity index (χ1n) is 9.63. The van der Waals surface area contributed by atoms with Gasteiger partial charge >= 0.3 is 5.97 Å². The monoisotopic (exact) mass is 546 g/mol. The van der Waals surface area contributed by atoms with Crippen LogP contribution >= 0.6 is 33.9 Å². The fraction of sp³-hybridized carbons (Fsp3) is 0.174. The number of esters is 1. The molecule has 0 bridgehead atoms. The number of hydrogen-bond acceptors (Lipinski definition) is 6. The lowest BCUT2D eigenvalue weighted by atomic mass is 9.96. The summed E-state index contributed by atoms with van der Waals surface area (Å²) in [4.78, 5) is 31.3. The standard InChI is InChI=1S/C23H19IN2O4S/c1-3-30-22(29)19-13(2)25-23-26(20(19)15-6-10-17(27)11-7-15)21(28)18(31-23)12-14-4-8-16(24)9-5-14/h4-12,20,27H,3H2,1-2H3/b18-12+/t20-/m0/s1. The van der Waals surface area contributed by atoms with Gasteiger partial charge in [-0.2, -0.15) is 0 Å². The van der Waals surface area contributed by atoms with E-state index in [-0.39, 0.29) is 17.9 Å². The summed E-state index contributed by atoms with van der Waals surface area (Å²) in [6.07, 6.45) is 1.83. The number of fused-ring (bicyclic) bond motifs is 1. The zero-order valence-electron chi connectivity index (χ0n) is 16.8. The molecule has 0 amide bonds. The SMILES string of the molecule is CCOC(=O)C1=C(C)N=c2s/c(=C/c3ccc(I)cc3)c(=O)n2[C@H]1c1ccc(O)cc1. The van der Waals surface area contributed by atoms with Gasteiger partial charge in [-0.25, -0.2) is 9.79 Å². The summed E-state index contributed by atoms with van der Waals surface area (Å²) in [7, 11) is 0. The average molecular weight is 546 g/mol. The molecule has 158 valence electrons. The highest BCUT2D eigenvalue weighted by Gasteiger charge is 2.33. The zero-order chi connectivity index (χ0) is 22.1. The molecule has 8 heteroatoms. The summed E-state index contributed by atoms with van der Waals surface area (Å²) >= 11 is 3.52. The minimum atomic E-state index is -0.685. The number of nitrogens with zero attached hydrogens (tertiary/aromatic N) is 2. The molecule has 0 saturated heterocycles. The van der Waals surface area contributed by atoms with Crippen molar-refractivity contribution in [2.75, 3.05) is 6.61 Å². The summed E-state index contributed by atoms with van der Waals surface area (Å²) in [5.74, 6) is -0.401. The molecular weight excluding hydrogens is 527 g/mol. The lowest BCUT2D eigenvalue weighted by molar-refractivity contribution is -0.139. The number of aromatic nitrogens is 1.